The Labute approximate surface area is 153 Å². The molecule has 8 heteroatoms. The first-order chi connectivity index (χ1) is 10.6. The maximum absolute atomic E-state index is 5.86. The third kappa shape index (κ3) is 6.14. The highest BCUT2D eigenvalue weighted by molar-refractivity contribution is 14.0. The summed E-state index contributed by atoms with van der Waals surface area (Å²) in [5, 5.41) is 10.1. The summed E-state index contributed by atoms with van der Waals surface area (Å²) in [4.78, 5) is 8.66. The van der Waals surface area contributed by atoms with Crippen LogP contribution in [0.2, 0.25) is 0 Å². The van der Waals surface area contributed by atoms with Crippen LogP contribution in [0.5, 0.6) is 0 Å². The van der Waals surface area contributed by atoms with Gasteiger partial charge in [-0.05, 0) is 25.5 Å². The number of hydrogen-bond donors (Lipinski definition) is 3. The second-order valence-electron chi connectivity index (χ2n) is 5.15. The van der Waals surface area contributed by atoms with E-state index in [9.17, 15) is 0 Å². The number of ether oxygens (including phenoxy) is 1. The Morgan fingerprint density at radius 3 is 2.91 bits per heavy atom. The highest BCUT2D eigenvalue weighted by atomic mass is 127. The zero-order valence-electron chi connectivity index (χ0n) is 13.5. The lowest BCUT2D eigenvalue weighted by Gasteiger charge is -2.13. The van der Waals surface area contributed by atoms with Crippen LogP contribution in [0.4, 0.5) is 0 Å². The molecule has 126 valence electrons. The molecule has 2 rings (SSSR count). The summed E-state index contributed by atoms with van der Waals surface area (Å²) in [6.07, 6.45) is 0. The number of benzene rings is 1. The predicted molar refractivity (Wildman–Crippen MR) is 102 cm³/mol. The van der Waals surface area contributed by atoms with Crippen LogP contribution in [0, 0.1) is 6.92 Å². The molecule has 1 aromatic heterocycles. The normalized spacial score (nSPS) is 12.6. The number of nitrogens with one attached hydrogen (secondary N) is 2. The molecule has 23 heavy (non-hydrogen) atoms. The van der Waals surface area contributed by atoms with E-state index < -0.39 is 0 Å². The fraction of sp³-hybridized carbons (Fsp3) is 0.400. The molecule has 0 aliphatic heterocycles. The second kappa shape index (κ2) is 9.46. The molecule has 0 saturated heterocycles. The van der Waals surface area contributed by atoms with Crippen LogP contribution in [-0.4, -0.2) is 40.9 Å². The molecule has 2 aromatic rings. The number of aromatic nitrogens is 3. The van der Waals surface area contributed by atoms with Crippen LogP contribution < -0.4 is 11.1 Å². The number of rotatable bonds is 6. The molecule has 0 aliphatic rings. The average molecular weight is 430 g/mol. The van der Waals surface area contributed by atoms with Crippen molar-refractivity contribution >= 4 is 29.9 Å². The Balaban J connectivity index is 0.00000264. The monoisotopic (exact) mass is 430 g/mol. The first-order valence-corrected chi connectivity index (χ1v) is 7.12. The van der Waals surface area contributed by atoms with Gasteiger partial charge in [0.15, 0.2) is 11.8 Å². The third-order valence-electron chi connectivity index (χ3n) is 3.03. The SMILES string of the molecule is COCC(C)NC(N)=NCc1cccc(-c2n[nH]c(C)n2)c1.I. The van der Waals surface area contributed by atoms with Crippen molar-refractivity contribution in [2.45, 2.75) is 26.4 Å². The highest BCUT2D eigenvalue weighted by Crippen LogP contribution is 2.16. The number of guanidine groups is 1. The van der Waals surface area contributed by atoms with E-state index in [4.69, 9.17) is 10.5 Å². The number of nitrogens with two attached hydrogens (primary N) is 1. The number of hydrogen-bond acceptors (Lipinski definition) is 4. The van der Waals surface area contributed by atoms with Crippen molar-refractivity contribution in [2.24, 2.45) is 10.7 Å². The van der Waals surface area contributed by atoms with Gasteiger partial charge in [-0.25, -0.2) is 9.98 Å². The summed E-state index contributed by atoms with van der Waals surface area (Å²) in [7, 11) is 1.65. The van der Waals surface area contributed by atoms with Crippen LogP contribution in [-0.2, 0) is 11.3 Å². The van der Waals surface area contributed by atoms with Crippen molar-refractivity contribution in [3.8, 4) is 11.4 Å². The Morgan fingerprint density at radius 2 is 2.26 bits per heavy atom. The largest absolute Gasteiger partial charge is 0.383 e. The van der Waals surface area contributed by atoms with Crippen molar-refractivity contribution in [3.05, 3.63) is 35.7 Å². The number of aromatic amines is 1. The Kier molecular flexibility index (Phi) is 7.96. The molecule has 1 aromatic carbocycles. The zero-order chi connectivity index (χ0) is 15.9. The molecule has 0 aliphatic carbocycles. The minimum absolute atomic E-state index is 0. The van der Waals surface area contributed by atoms with Gasteiger partial charge < -0.3 is 15.8 Å². The minimum atomic E-state index is 0. The van der Waals surface area contributed by atoms with Gasteiger partial charge in [0, 0.05) is 18.7 Å². The van der Waals surface area contributed by atoms with Crippen molar-refractivity contribution in [3.63, 3.8) is 0 Å². The quantitative estimate of drug-likeness (QED) is 0.369. The molecule has 1 unspecified atom stereocenters. The Bertz CT molecular complexity index is 642. The number of H-pyrrole nitrogens is 1. The summed E-state index contributed by atoms with van der Waals surface area (Å²) in [5.41, 5.74) is 7.86. The highest BCUT2D eigenvalue weighted by Gasteiger charge is 2.05. The van der Waals surface area contributed by atoms with E-state index in [1.54, 1.807) is 7.11 Å². The van der Waals surface area contributed by atoms with E-state index in [0.717, 1.165) is 17.0 Å². The van der Waals surface area contributed by atoms with Gasteiger partial charge >= 0.3 is 0 Å². The summed E-state index contributed by atoms with van der Waals surface area (Å²) < 4.78 is 5.04. The summed E-state index contributed by atoms with van der Waals surface area (Å²) >= 11 is 0. The summed E-state index contributed by atoms with van der Waals surface area (Å²) in [5.74, 6) is 1.88. The number of nitrogens with zero attached hydrogens (tertiary/aromatic N) is 3. The fourth-order valence-corrected chi connectivity index (χ4v) is 2.05. The van der Waals surface area contributed by atoms with Crippen molar-refractivity contribution in [1.82, 2.24) is 20.5 Å². The van der Waals surface area contributed by atoms with E-state index in [1.165, 1.54) is 0 Å². The van der Waals surface area contributed by atoms with Crippen molar-refractivity contribution in [2.75, 3.05) is 13.7 Å². The molecule has 0 radical (unpaired) electrons. The van der Waals surface area contributed by atoms with E-state index in [2.05, 4.69) is 25.5 Å². The average Bonchev–Trinajstić information content (AvgIpc) is 2.92. The van der Waals surface area contributed by atoms with Crippen LogP contribution in [0.25, 0.3) is 11.4 Å². The molecule has 0 spiro atoms. The number of methoxy groups -OCH3 is 1. The van der Waals surface area contributed by atoms with Gasteiger partial charge in [0.2, 0.25) is 0 Å². The van der Waals surface area contributed by atoms with Gasteiger partial charge in [0.25, 0.3) is 0 Å². The van der Waals surface area contributed by atoms with Crippen molar-refractivity contribution in [1.29, 1.82) is 0 Å². The van der Waals surface area contributed by atoms with Crippen LogP contribution in [0.1, 0.15) is 18.3 Å². The first-order valence-electron chi connectivity index (χ1n) is 7.12. The molecule has 7 nitrogen and oxygen atoms in total. The standard InChI is InChI=1S/C15H22N6O.HI/c1-10(9-22-3)18-15(16)17-8-12-5-4-6-13(7-12)14-19-11(2)20-21-14;/h4-7,10H,8-9H2,1-3H3,(H3,16,17,18)(H,19,20,21);1H. The number of halogens is 1. The predicted octanol–water partition coefficient (Wildman–Crippen LogP) is 1.84. The lowest BCUT2D eigenvalue weighted by Crippen LogP contribution is -2.40. The molecule has 0 saturated carbocycles. The van der Waals surface area contributed by atoms with Gasteiger partial charge in [-0.3, -0.25) is 5.10 Å². The first kappa shape index (κ1) is 19.4. The molecule has 4 N–H and O–H groups in total. The van der Waals surface area contributed by atoms with E-state index >= 15 is 0 Å². The molecule has 1 heterocycles. The van der Waals surface area contributed by atoms with Crippen LogP contribution in [0.3, 0.4) is 0 Å². The van der Waals surface area contributed by atoms with E-state index in [-0.39, 0.29) is 30.0 Å². The van der Waals surface area contributed by atoms with Gasteiger partial charge in [0.1, 0.15) is 5.82 Å². The van der Waals surface area contributed by atoms with Gasteiger partial charge in [-0.2, -0.15) is 5.10 Å². The minimum Gasteiger partial charge on any atom is -0.383 e. The van der Waals surface area contributed by atoms with Crippen LogP contribution >= 0.6 is 24.0 Å². The molecular formula is C15H23IN6O. The number of aliphatic imine (C=N–C) groups is 1. The topological polar surface area (TPSA) is 101 Å². The van der Waals surface area contributed by atoms with Gasteiger partial charge in [-0.15, -0.1) is 24.0 Å². The van der Waals surface area contributed by atoms with E-state index in [0.29, 0.717) is 24.9 Å². The lowest BCUT2D eigenvalue weighted by atomic mass is 10.1. The fourth-order valence-electron chi connectivity index (χ4n) is 2.05. The van der Waals surface area contributed by atoms with E-state index in [1.807, 2.05) is 38.1 Å². The summed E-state index contributed by atoms with van der Waals surface area (Å²) in [6, 6.07) is 8.06. The van der Waals surface area contributed by atoms with Gasteiger partial charge in [0.05, 0.1) is 13.2 Å². The maximum Gasteiger partial charge on any atom is 0.189 e. The summed E-state index contributed by atoms with van der Waals surface area (Å²) in [6.45, 7) is 4.93. The molecule has 0 fully saturated rings. The molecule has 0 bridgehead atoms. The lowest BCUT2D eigenvalue weighted by molar-refractivity contribution is 0.179. The maximum atomic E-state index is 5.86. The Morgan fingerprint density at radius 1 is 1.48 bits per heavy atom. The third-order valence-corrected chi connectivity index (χ3v) is 3.03. The van der Waals surface area contributed by atoms with Gasteiger partial charge in [-0.1, -0.05) is 18.2 Å². The zero-order valence-corrected chi connectivity index (χ0v) is 15.9. The Hall–Kier alpha value is -1.68. The van der Waals surface area contributed by atoms with Crippen molar-refractivity contribution < 1.29 is 4.74 Å². The second-order valence-corrected chi connectivity index (χ2v) is 5.15. The molecule has 1 atom stereocenters. The number of aryl methyl sites for hydroxylation is 1. The smallest absolute Gasteiger partial charge is 0.189 e. The van der Waals surface area contributed by atoms with Crippen LogP contribution in [0.15, 0.2) is 29.3 Å². The molecular weight excluding hydrogens is 407 g/mol. The molecule has 0 amide bonds.